The minimum absolute atomic E-state index is 0.261. The van der Waals surface area contributed by atoms with Gasteiger partial charge in [-0.25, -0.2) is 0 Å². The number of fused-ring (bicyclic) bond motifs is 1. The van der Waals surface area contributed by atoms with Crippen molar-refractivity contribution in [1.82, 2.24) is 10.2 Å². The molecule has 1 aliphatic heterocycles. The molecule has 0 saturated carbocycles. The van der Waals surface area contributed by atoms with Crippen LogP contribution in [0.3, 0.4) is 0 Å². The second-order valence-electron chi connectivity index (χ2n) is 6.81. The number of nitrogens with zero attached hydrogens (tertiary/aromatic N) is 1. The van der Waals surface area contributed by atoms with Gasteiger partial charge < -0.3 is 5.32 Å². The SMILES string of the molecule is CC1CCC(N2CCNCC2(C)C)c2ccccc21. The first-order chi connectivity index (χ1) is 9.09. The van der Waals surface area contributed by atoms with Gasteiger partial charge in [0.1, 0.15) is 0 Å². The standard InChI is InChI=1S/C17H26N2/c1-13-8-9-16(15-7-5-4-6-14(13)15)19-11-10-18-12-17(19,2)3/h4-7,13,16,18H,8-12H2,1-3H3. The average molecular weight is 258 g/mol. The van der Waals surface area contributed by atoms with Crippen LogP contribution >= 0.6 is 0 Å². The van der Waals surface area contributed by atoms with E-state index in [1.807, 2.05) is 0 Å². The highest BCUT2D eigenvalue weighted by Gasteiger charge is 2.37. The van der Waals surface area contributed by atoms with Gasteiger partial charge in [-0.15, -0.1) is 0 Å². The predicted molar refractivity (Wildman–Crippen MR) is 80.5 cm³/mol. The fourth-order valence-corrected chi connectivity index (χ4v) is 3.88. The Labute approximate surface area is 117 Å². The molecule has 0 amide bonds. The van der Waals surface area contributed by atoms with Crippen LogP contribution < -0.4 is 5.32 Å². The highest BCUT2D eigenvalue weighted by atomic mass is 15.3. The van der Waals surface area contributed by atoms with E-state index in [0.29, 0.717) is 6.04 Å². The summed E-state index contributed by atoms with van der Waals surface area (Å²) in [7, 11) is 0. The molecular formula is C17H26N2. The molecular weight excluding hydrogens is 232 g/mol. The van der Waals surface area contributed by atoms with E-state index < -0.39 is 0 Å². The molecule has 0 aromatic heterocycles. The highest BCUT2D eigenvalue weighted by molar-refractivity contribution is 5.35. The van der Waals surface area contributed by atoms with E-state index >= 15 is 0 Å². The maximum atomic E-state index is 3.54. The first-order valence-corrected chi connectivity index (χ1v) is 7.66. The molecule has 0 spiro atoms. The van der Waals surface area contributed by atoms with Crippen molar-refractivity contribution in [3.05, 3.63) is 35.4 Å². The lowest BCUT2D eigenvalue weighted by molar-refractivity contribution is 0.0351. The minimum Gasteiger partial charge on any atom is -0.314 e. The molecule has 1 aromatic rings. The molecule has 1 N–H and O–H groups in total. The summed E-state index contributed by atoms with van der Waals surface area (Å²) in [6, 6.07) is 9.71. The number of piperazine rings is 1. The van der Waals surface area contributed by atoms with E-state index in [4.69, 9.17) is 0 Å². The molecule has 0 bridgehead atoms. The first-order valence-electron chi connectivity index (χ1n) is 7.66. The fraction of sp³-hybridized carbons (Fsp3) is 0.647. The Morgan fingerprint density at radius 1 is 1.16 bits per heavy atom. The largest absolute Gasteiger partial charge is 0.314 e. The van der Waals surface area contributed by atoms with E-state index in [9.17, 15) is 0 Å². The Bertz CT molecular complexity index is 452. The Morgan fingerprint density at radius 3 is 2.63 bits per heavy atom. The van der Waals surface area contributed by atoms with Crippen LogP contribution in [0.2, 0.25) is 0 Å². The van der Waals surface area contributed by atoms with Crippen LogP contribution in [0.15, 0.2) is 24.3 Å². The summed E-state index contributed by atoms with van der Waals surface area (Å²) in [6.45, 7) is 10.5. The van der Waals surface area contributed by atoms with Crippen molar-refractivity contribution in [2.75, 3.05) is 19.6 Å². The van der Waals surface area contributed by atoms with Crippen LogP contribution in [-0.2, 0) is 0 Å². The Hall–Kier alpha value is -0.860. The van der Waals surface area contributed by atoms with Crippen molar-refractivity contribution in [2.24, 2.45) is 0 Å². The molecule has 2 nitrogen and oxygen atoms in total. The number of rotatable bonds is 1. The van der Waals surface area contributed by atoms with Crippen molar-refractivity contribution < 1.29 is 0 Å². The number of nitrogens with one attached hydrogen (secondary N) is 1. The summed E-state index contributed by atoms with van der Waals surface area (Å²) < 4.78 is 0. The molecule has 1 fully saturated rings. The van der Waals surface area contributed by atoms with Gasteiger partial charge in [0.25, 0.3) is 0 Å². The van der Waals surface area contributed by atoms with Gasteiger partial charge in [0.05, 0.1) is 0 Å². The van der Waals surface area contributed by atoms with Crippen molar-refractivity contribution in [3.8, 4) is 0 Å². The van der Waals surface area contributed by atoms with Crippen molar-refractivity contribution in [2.45, 2.75) is 51.1 Å². The van der Waals surface area contributed by atoms with Gasteiger partial charge >= 0.3 is 0 Å². The maximum absolute atomic E-state index is 3.54. The van der Waals surface area contributed by atoms with Gasteiger partial charge in [-0.1, -0.05) is 31.2 Å². The maximum Gasteiger partial charge on any atom is 0.0357 e. The van der Waals surface area contributed by atoms with Gasteiger partial charge in [-0.2, -0.15) is 0 Å². The number of benzene rings is 1. The summed E-state index contributed by atoms with van der Waals surface area (Å²) in [5, 5.41) is 3.54. The second kappa shape index (κ2) is 4.92. The van der Waals surface area contributed by atoms with Crippen LogP contribution in [0.4, 0.5) is 0 Å². The molecule has 2 heteroatoms. The third kappa shape index (κ3) is 2.32. The third-order valence-corrected chi connectivity index (χ3v) is 5.00. The van der Waals surface area contributed by atoms with E-state index in [0.717, 1.165) is 19.0 Å². The van der Waals surface area contributed by atoms with Crippen LogP contribution in [0, 0.1) is 0 Å². The molecule has 0 radical (unpaired) electrons. The molecule has 1 aliphatic carbocycles. The fourth-order valence-electron chi connectivity index (χ4n) is 3.88. The molecule has 1 saturated heterocycles. The normalized spacial score (nSPS) is 30.9. The molecule has 19 heavy (non-hydrogen) atoms. The van der Waals surface area contributed by atoms with Crippen LogP contribution in [0.25, 0.3) is 0 Å². The van der Waals surface area contributed by atoms with E-state index in [2.05, 4.69) is 55.3 Å². The Kier molecular flexibility index (Phi) is 3.40. The topological polar surface area (TPSA) is 15.3 Å². The molecule has 2 atom stereocenters. The summed E-state index contributed by atoms with van der Waals surface area (Å²) in [5.74, 6) is 0.721. The van der Waals surface area contributed by atoms with Gasteiger partial charge in [-0.05, 0) is 43.7 Å². The van der Waals surface area contributed by atoms with Gasteiger partial charge in [0, 0.05) is 31.2 Å². The van der Waals surface area contributed by atoms with Crippen molar-refractivity contribution >= 4 is 0 Å². The zero-order valence-electron chi connectivity index (χ0n) is 12.4. The third-order valence-electron chi connectivity index (χ3n) is 5.00. The van der Waals surface area contributed by atoms with Gasteiger partial charge in [0.2, 0.25) is 0 Å². The first kappa shape index (κ1) is 13.1. The molecule has 2 aliphatic rings. The lowest BCUT2D eigenvalue weighted by Crippen LogP contribution is -2.59. The zero-order chi connectivity index (χ0) is 13.5. The Balaban J connectivity index is 1.96. The lowest BCUT2D eigenvalue weighted by atomic mass is 9.79. The monoisotopic (exact) mass is 258 g/mol. The van der Waals surface area contributed by atoms with E-state index in [-0.39, 0.29) is 5.54 Å². The van der Waals surface area contributed by atoms with E-state index in [1.54, 1.807) is 11.1 Å². The summed E-state index contributed by atoms with van der Waals surface area (Å²) in [4.78, 5) is 2.73. The molecule has 1 aromatic carbocycles. The minimum atomic E-state index is 0.261. The smallest absolute Gasteiger partial charge is 0.0357 e. The Morgan fingerprint density at radius 2 is 1.89 bits per heavy atom. The summed E-state index contributed by atoms with van der Waals surface area (Å²) >= 11 is 0. The van der Waals surface area contributed by atoms with Crippen LogP contribution in [0.1, 0.15) is 56.7 Å². The van der Waals surface area contributed by atoms with Gasteiger partial charge in [0.15, 0.2) is 0 Å². The summed E-state index contributed by atoms with van der Waals surface area (Å²) in [5.41, 5.74) is 3.42. The van der Waals surface area contributed by atoms with Crippen molar-refractivity contribution in [1.29, 1.82) is 0 Å². The predicted octanol–water partition coefficient (Wildman–Crippen LogP) is 3.31. The quantitative estimate of drug-likeness (QED) is 0.831. The van der Waals surface area contributed by atoms with Gasteiger partial charge in [-0.3, -0.25) is 4.90 Å². The molecule has 3 rings (SSSR count). The highest BCUT2D eigenvalue weighted by Crippen LogP contribution is 2.42. The molecule has 2 unspecified atom stereocenters. The van der Waals surface area contributed by atoms with Crippen molar-refractivity contribution in [3.63, 3.8) is 0 Å². The number of hydrogen-bond donors (Lipinski definition) is 1. The molecule has 104 valence electrons. The van der Waals surface area contributed by atoms with Crippen LogP contribution in [-0.4, -0.2) is 30.1 Å². The molecule has 1 heterocycles. The second-order valence-corrected chi connectivity index (χ2v) is 6.81. The average Bonchev–Trinajstić information content (AvgIpc) is 2.40. The lowest BCUT2D eigenvalue weighted by Gasteiger charge is -2.49. The van der Waals surface area contributed by atoms with E-state index in [1.165, 1.54) is 19.4 Å². The number of hydrogen-bond acceptors (Lipinski definition) is 2. The summed E-state index contributed by atoms with van der Waals surface area (Å²) in [6.07, 6.45) is 2.63. The van der Waals surface area contributed by atoms with Crippen LogP contribution in [0.5, 0.6) is 0 Å². The zero-order valence-corrected chi connectivity index (χ0v) is 12.4.